The van der Waals surface area contributed by atoms with E-state index in [9.17, 15) is 14.7 Å². The molecule has 0 bridgehead atoms. The number of fused-ring (bicyclic) bond motifs is 2. The van der Waals surface area contributed by atoms with E-state index in [4.69, 9.17) is 9.72 Å². The minimum atomic E-state index is -0.894. The summed E-state index contributed by atoms with van der Waals surface area (Å²) in [6, 6.07) is 7.37. The van der Waals surface area contributed by atoms with E-state index >= 15 is 0 Å². The number of aliphatic carboxylic acids is 1. The molecule has 1 N–H and O–H groups in total. The van der Waals surface area contributed by atoms with E-state index in [0.29, 0.717) is 18.5 Å². The van der Waals surface area contributed by atoms with Gasteiger partial charge in [0, 0.05) is 30.8 Å². The zero-order valence-corrected chi connectivity index (χ0v) is 14.8. The summed E-state index contributed by atoms with van der Waals surface area (Å²) in [4.78, 5) is 31.2. The first-order valence-electron chi connectivity index (χ1n) is 9.04. The monoisotopic (exact) mass is 354 g/mol. The van der Waals surface area contributed by atoms with Gasteiger partial charge in [-0.2, -0.15) is 0 Å². The van der Waals surface area contributed by atoms with Crippen LogP contribution in [0.25, 0.3) is 10.9 Å². The number of benzene rings is 1. The first kappa shape index (κ1) is 17.0. The van der Waals surface area contributed by atoms with E-state index in [1.807, 2.05) is 24.3 Å². The second kappa shape index (κ2) is 6.68. The minimum Gasteiger partial charge on any atom is -0.481 e. The van der Waals surface area contributed by atoms with Crippen molar-refractivity contribution in [2.45, 2.75) is 44.2 Å². The van der Waals surface area contributed by atoms with Crippen LogP contribution in [-0.2, 0) is 22.4 Å². The number of aromatic nitrogens is 1. The number of carbonyl (C=O) groups excluding carboxylic acids is 1. The minimum absolute atomic E-state index is 0.0587. The van der Waals surface area contributed by atoms with Crippen LogP contribution in [0.4, 0.5) is 0 Å². The molecule has 2 heterocycles. The summed E-state index contributed by atoms with van der Waals surface area (Å²) >= 11 is 0. The molecule has 1 aromatic heterocycles. The zero-order valence-electron chi connectivity index (χ0n) is 14.8. The Morgan fingerprint density at radius 1 is 1.31 bits per heavy atom. The van der Waals surface area contributed by atoms with Gasteiger partial charge in [-0.25, -0.2) is 0 Å². The Labute approximate surface area is 151 Å². The van der Waals surface area contributed by atoms with Crippen LogP contribution in [-0.4, -0.2) is 52.7 Å². The van der Waals surface area contributed by atoms with Gasteiger partial charge in [0.15, 0.2) is 0 Å². The van der Waals surface area contributed by atoms with Crippen molar-refractivity contribution in [1.29, 1.82) is 0 Å². The molecule has 26 heavy (non-hydrogen) atoms. The van der Waals surface area contributed by atoms with Crippen LogP contribution in [0.3, 0.4) is 0 Å². The van der Waals surface area contributed by atoms with Gasteiger partial charge in [0.05, 0.1) is 23.6 Å². The van der Waals surface area contributed by atoms with Crippen molar-refractivity contribution in [1.82, 2.24) is 9.88 Å². The molecule has 1 saturated heterocycles. The van der Waals surface area contributed by atoms with Gasteiger partial charge >= 0.3 is 5.97 Å². The van der Waals surface area contributed by atoms with Crippen LogP contribution in [0.15, 0.2) is 24.3 Å². The third-order valence-electron chi connectivity index (χ3n) is 5.51. The van der Waals surface area contributed by atoms with Gasteiger partial charge in [-0.1, -0.05) is 18.2 Å². The molecule has 1 aliphatic carbocycles. The molecule has 1 amide bonds. The molecule has 1 aliphatic heterocycles. The molecule has 6 heteroatoms. The summed E-state index contributed by atoms with van der Waals surface area (Å²) in [7, 11) is 1.61. The summed E-state index contributed by atoms with van der Waals surface area (Å²) in [5, 5.41) is 10.1. The van der Waals surface area contributed by atoms with Crippen LogP contribution in [0.5, 0.6) is 0 Å². The number of carboxylic acid groups (broad SMARTS) is 1. The number of ether oxygens (including phenoxy) is 1. The second-order valence-corrected chi connectivity index (χ2v) is 7.09. The maximum atomic E-state index is 13.5. The number of rotatable bonds is 4. The van der Waals surface area contributed by atoms with Crippen molar-refractivity contribution < 1.29 is 19.4 Å². The molecule has 2 unspecified atom stereocenters. The number of hydrogen-bond donors (Lipinski definition) is 1. The highest BCUT2D eigenvalue weighted by molar-refractivity contribution is 6.08. The fraction of sp³-hybridized carbons (Fsp3) is 0.450. The number of likely N-dealkylation sites (tertiary alicyclic amines) is 1. The largest absolute Gasteiger partial charge is 0.481 e. The molecule has 0 radical (unpaired) electrons. The van der Waals surface area contributed by atoms with E-state index in [-0.39, 0.29) is 24.5 Å². The molecular weight excluding hydrogens is 332 g/mol. The fourth-order valence-corrected chi connectivity index (χ4v) is 4.29. The van der Waals surface area contributed by atoms with Crippen LogP contribution >= 0.6 is 0 Å². The zero-order chi connectivity index (χ0) is 18.3. The number of carboxylic acids is 1. The molecule has 2 aromatic rings. The van der Waals surface area contributed by atoms with Crippen molar-refractivity contribution >= 4 is 22.8 Å². The van der Waals surface area contributed by atoms with E-state index < -0.39 is 5.97 Å². The lowest BCUT2D eigenvalue weighted by Gasteiger charge is -2.25. The van der Waals surface area contributed by atoms with Gasteiger partial charge in [0.2, 0.25) is 0 Å². The maximum absolute atomic E-state index is 13.5. The van der Waals surface area contributed by atoms with Crippen LogP contribution < -0.4 is 0 Å². The Hall–Kier alpha value is -2.47. The van der Waals surface area contributed by atoms with E-state index in [1.54, 1.807) is 12.0 Å². The number of methoxy groups -OCH3 is 1. The molecule has 136 valence electrons. The van der Waals surface area contributed by atoms with Crippen LogP contribution in [0.2, 0.25) is 0 Å². The Morgan fingerprint density at radius 3 is 2.88 bits per heavy atom. The van der Waals surface area contributed by atoms with Gasteiger partial charge in [0.25, 0.3) is 5.91 Å². The standard InChI is InChI=1S/C20H22N2O4/c1-26-13-9-12(10-18(23)24)22(11-13)20(25)19-14-5-2-3-7-16(14)21-17-8-4-6-15(17)19/h2-3,5,7,12-13H,4,6,8-11H2,1H3,(H,23,24). The molecule has 0 saturated carbocycles. The topological polar surface area (TPSA) is 79.7 Å². The lowest BCUT2D eigenvalue weighted by Crippen LogP contribution is -2.38. The number of hydrogen-bond acceptors (Lipinski definition) is 4. The molecule has 4 rings (SSSR count). The van der Waals surface area contributed by atoms with Crippen molar-refractivity contribution in [2.75, 3.05) is 13.7 Å². The summed E-state index contributed by atoms with van der Waals surface area (Å²) in [5.74, 6) is -0.984. The Morgan fingerprint density at radius 2 is 2.12 bits per heavy atom. The molecule has 2 atom stereocenters. The Balaban J connectivity index is 1.79. The van der Waals surface area contributed by atoms with E-state index in [0.717, 1.165) is 41.4 Å². The first-order valence-corrected chi connectivity index (χ1v) is 9.04. The number of pyridine rings is 1. The lowest BCUT2D eigenvalue weighted by molar-refractivity contribution is -0.137. The van der Waals surface area contributed by atoms with Gasteiger partial charge in [-0.15, -0.1) is 0 Å². The van der Waals surface area contributed by atoms with E-state index in [2.05, 4.69) is 0 Å². The highest BCUT2D eigenvalue weighted by atomic mass is 16.5. The molecule has 6 nitrogen and oxygen atoms in total. The first-order chi connectivity index (χ1) is 12.6. The fourth-order valence-electron chi connectivity index (χ4n) is 4.29. The van der Waals surface area contributed by atoms with Gasteiger partial charge in [-0.3, -0.25) is 14.6 Å². The third-order valence-corrected chi connectivity index (χ3v) is 5.51. The number of carbonyl (C=O) groups is 2. The normalized spacial score (nSPS) is 22.0. The van der Waals surface area contributed by atoms with Crippen molar-refractivity contribution in [3.05, 3.63) is 41.1 Å². The predicted octanol–water partition coefficient (Wildman–Crippen LogP) is 2.43. The maximum Gasteiger partial charge on any atom is 0.305 e. The number of amides is 1. The summed E-state index contributed by atoms with van der Waals surface area (Å²) < 4.78 is 5.42. The Kier molecular flexibility index (Phi) is 4.36. The third kappa shape index (κ3) is 2.84. The van der Waals surface area contributed by atoms with Gasteiger partial charge in [0.1, 0.15) is 0 Å². The lowest BCUT2D eigenvalue weighted by atomic mass is 9.99. The van der Waals surface area contributed by atoms with Crippen molar-refractivity contribution in [3.63, 3.8) is 0 Å². The average Bonchev–Trinajstić information content (AvgIpc) is 3.25. The van der Waals surface area contributed by atoms with Gasteiger partial charge in [-0.05, 0) is 37.3 Å². The summed E-state index contributed by atoms with van der Waals surface area (Å²) in [5.41, 5.74) is 3.57. The quantitative estimate of drug-likeness (QED) is 0.912. The number of aryl methyl sites for hydroxylation is 1. The highest BCUT2D eigenvalue weighted by Gasteiger charge is 2.38. The molecule has 1 fully saturated rings. The number of nitrogens with zero attached hydrogens (tertiary/aromatic N) is 2. The van der Waals surface area contributed by atoms with Gasteiger partial charge < -0.3 is 14.7 Å². The van der Waals surface area contributed by atoms with Crippen LogP contribution in [0.1, 0.15) is 40.9 Å². The molecule has 1 aromatic carbocycles. The molecule has 2 aliphatic rings. The molecule has 0 spiro atoms. The van der Waals surface area contributed by atoms with Crippen molar-refractivity contribution in [3.8, 4) is 0 Å². The van der Waals surface area contributed by atoms with Crippen molar-refractivity contribution in [2.24, 2.45) is 0 Å². The number of para-hydroxylation sites is 1. The SMILES string of the molecule is COC1CC(CC(=O)O)N(C(=O)c2c3c(nc4ccccc24)CCC3)C1. The second-order valence-electron chi connectivity index (χ2n) is 7.09. The summed E-state index contributed by atoms with van der Waals surface area (Å²) in [6.07, 6.45) is 3.11. The predicted molar refractivity (Wildman–Crippen MR) is 96.3 cm³/mol. The summed E-state index contributed by atoms with van der Waals surface area (Å²) in [6.45, 7) is 0.429. The smallest absolute Gasteiger partial charge is 0.305 e. The molecular formula is C20H22N2O4. The average molecular weight is 354 g/mol. The van der Waals surface area contributed by atoms with E-state index in [1.165, 1.54) is 0 Å². The highest BCUT2D eigenvalue weighted by Crippen LogP contribution is 2.33. The Bertz CT molecular complexity index is 879. The van der Waals surface area contributed by atoms with Crippen LogP contribution in [0, 0.1) is 0 Å².